The Morgan fingerprint density at radius 1 is 0.963 bits per heavy atom. The molecule has 1 fully saturated rings. The van der Waals surface area contributed by atoms with Crippen LogP contribution >= 0.6 is 11.8 Å². The molecule has 142 valence electrons. The van der Waals surface area contributed by atoms with Crippen LogP contribution in [0.5, 0.6) is 0 Å². The van der Waals surface area contributed by atoms with Crippen LogP contribution in [0.15, 0.2) is 60.7 Å². The van der Waals surface area contributed by atoms with Crippen LogP contribution in [-0.2, 0) is 9.47 Å². The molecule has 1 unspecified atom stereocenters. The Balaban J connectivity index is 1.69. The molecule has 0 amide bonds. The van der Waals surface area contributed by atoms with E-state index in [9.17, 15) is 23.5 Å². The molecule has 0 aliphatic carbocycles. The Morgan fingerprint density at radius 2 is 1.48 bits per heavy atom. The van der Waals surface area contributed by atoms with Crippen LogP contribution in [0.2, 0.25) is 0 Å². The average Bonchev–Trinajstić information content (AvgIpc) is 2.90. The second-order valence-electron chi connectivity index (χ2n) is 5.86. The van der Waals surface area contributed by atoms with E-state index in [4.69, 9.17) is 9.47 Å². The molecule has 1 N–H and O–H groups in total. The van der Waals surface area contributed by atoms with Crippen molar-refractivity contribution in [2.24, 2.45) is 0 Å². The first-order valence-corrected chi connectivity index (χ1v) is 9.03. The summed E-state index contributed by atoms with van der Waals surface area (Å²) in [6, 6.07) is 15.8. The van der Waals surface area contributed by atoms with Crippen LogP contribution in [0.25, 0.3) is 0 Å². The van der Waals surface area contributed by atoms with E-state index in [1.807, 2.05) is 0 Å². The Labute approximate surface area is 158 Å². The number of aliphatic hydroxyl groups excluding tert-OH is 1. The van der Waals surface area contributed by atoms with Crippen molar-refractivity contribution in [1.82, 2.24) is 0 Å². The fourth-order valence-electron chi connectivity index (χ4n) is 2.57. The van der Waals surface area contributed by atoms with E-state index in [-0.39, 0.29) is 11.1 Å². The third kappa shape index (κ3) is 4.28. The molecule has 1 saturated heterocycles. The highest BCUT2D eigenvalue weighted by Crippen LogP contribution is 2.46. The molecule has 1 aliphatic rings. The number of benzene rings is 2. The summed E-state index contributed by atoms with van der Waals surface area (Å²) in [6.07, 6.45) is -1.92. The highest BCUT2D eigenvalue weighted by molar-refractivity contribution is 8.00. The number of rotatable bonds is 5. The number of hydrogen-bond acceptors (Lipinski definition) is 6. The van der Waals surface area contributed by atoms with Gasteiger partial charge in [-0.25, -0.2) is 9.59 Å². The fraction of sp³-hybridized carbons (Fsp3) is 0.263. The SMILES string of the molecule is O=C(OC[C@@H]1SC(O)C(F)(F)[C@H]1OC(=O)c1ccccc1)c1ccccc1. The number of carbonyl (C=O) groups is 2. The third-order valence-electron chi connectivity index (χ3n) is 3.98. The molecule has 2 aromatic carbocycles. The number of ether oxygens (including phenoxy) is 2. The summed E-state index contributed by atoms with van der Waals surface area (Å²) in [5, 5.41) is 8.54. The lowest BCUT2D eigenvalue weighted by atomic mass is 10.1. The smallest absolute Gasteiger partial charge is 0.338 e. The number of halogens is 2. The molecule has 5 nitrogen and oxygen atoms in total. The lowest BCUT2D eigenvalue weighted by Gasteiger charge is -2.24. The van der Waals surface area contributed by atoms with Crippen molar-refractivity contribution in [3.63, 3.8) is 0 Å². The van der Waals surface area contributed by atoms with Crippen molar-refractivity contribution in [3.05, 3.63) is 71.8 Å². The maximum Gasteiger partial charge on any atom is 0.338 e. The van der Waals surface area contributed by atoms with Crippen LogP contribution < -0.4 is 0 Å². The molecule has 3 rings (SSSR count). The van der Waals surface area contributed by atoms with Crippen molar-refractivity contribution in [1.29, 1.82) is 0 Å². The van der Waals surface area contributed by atoms with Crippen molar-refractivity contribution in [2.75, 3.05) is 6.61 Å². The van der Waals surface area contributed by atoms with Gasteiger partial charge in [0.15, 0.2) is 11.5 Å². The van der Waals surface area contributed by atoms with Crippen molar-refractivity contribution < 1.29 is 33.0 Å². The first-order valence-electron chi connectivity index (χ1n) is 8.09. The highest BCUT2D eigenvalue weighted by atomic mass is 32.2. The van der Waals surface area contributed by atoms with Gasteiger partial charge in [0, 0.05) is 0 Å². The Hall–Kier alpha value is -2.45. The molecule has 1 aliphatic heterocycles. The highest BCUT2D eigenvalue weighted by Gasteiger charge is 2.60. The van der Waals surface area contributed by atoms with Gasteiger partial charge < -0.3 is 14.6 Å². The number of esters is 2. The Morgan fingerprint density at radius 3 is 2.04 bits per heavy atom. The van der Waals surface area contributed by atoms with Gasteiger partial charge in [-0.2, -0.15) is 8.78 Å². The molecule has 8 heteroatoms. The molecule has 0 aromatic heterocycles. The molecular weight excluding hydrogens is 378 g/mol. The second kappa shape index (κ2) is 8.06. The van der Waals surface area contributed by atoms with E-state index in [2.05, 4.69) is 0 Å². The topological polar surface area (TPSA) is 72.8 Å². The van der Waals surface area contributed by atoms with Crippen LogP contribution in [0, 0.1) is 0 Å². The van der Waals surface area contributed by atoms with Gasteiger partial charge >= 0.3 is 17.9 Å². The number of carbonyl (C=O) groups excluding carboxylic acids is 2. The van der Waals surface area contributed by atoms with E-state index < -0.39 is 41.3 Å². The van der Waals surface area contributed by atoms with Gasteiger partial charge in [-0.3, -0.25) is 0 Å². The first-order chi connectivity index (χ1) is 12.9. The molecule has 0 bridgehead atoms. The first kappa shape index (κ1) is 19.3. The molecular formula is C19H16F2O5S. The van der Waals surface area contributed by atoms with E-state index in [0.29, 0.717) is 11.8 Å². The van der Waals surface area contributed by atoms with Crippen LogP contribution in [0.1, 0.15) is 20.7 Å². The minimum atomic E-state index is -3.67. The number of alkyl halides is 2. The zero-order valence-corrected chi connectivity index (χ0v) is 14.8. The monoisotopic (exact) mass is 394 g/mol. The quantitative estimate of drug-likeness (QED) is 0.786. The van der Waals surface area contributed by atoms with Gasteiger partial charge in [0.05, 0.1) is 16.4 Å². The van der Waals surface area contributed by atoms with Crippen LogP contribution in [0.4, 0.5) is 8.78 Å². The molecule has 3 atom stereocenters. The van der Waals surface area contributed by atoms with Gasteiger partial charge in [-0.15, -0.1) is 11.8 Å². The van der Waals surface area contributed by atoms with Crippen molar-refractivity contribution >= 4 is 23.7 Å². The summed E-state index contributed by atoms with van der Waals surface area (Å²) in [6.45, 7) is -0.433. The van der Waals surface area contributed by atoms with Crippen LogP contribution in [0.3, 0.4) is 0 Å². The maximum atomic E-state index is 14.3. The lowest BCUT2D eigenvalue weighted by molar-refractivity contribution is -0.142. The second-order valence-corrected chi connectivity index (χ2v) is 7.18. The maximum absolute atomic E-state index is 14.3. The van der Waals surface area contributed by atoms with Gasteiger partial charge in [0.2, 0.25) is 0 Å². The largest absolute Gasteiger partial charge is 0.461 e. The molecule has 27 heavy (non-hydrogen) atoms. The summed E-state index contributed by atoms with van der Waals surface area (Å²) in [7, 11) is 0. The van der Waals surface area contributed by atoms with Gasteiger partial charge in [-0.1, -0.05) is 36.4 Å². The van der Waals surface area contributed by atoms with Crippen LogP contribution in [-0.4, -0.2) is 46.4 Å². The average molecular weight is 394 g/mol. The zero-order chi connectivity index (χ0) is 19.4. The molecule has 0 radical (unpaired) electrons. The summed E-state index contributed by atoms with van der Waals surface area (Å²) in [5.41, 5.74) is -1.68. The number of thioether (sulfide) groups is 1. The van der Waals surface area contributed by atoms with Gasteiger partial charge in [-0.05, 0) is 24.3 Å². The Kier molecular flexibility index (Phi) is 5.76. The summed E-state index contributed by atoms with van der Waals surface area (Å²) >= 11 is 0.506. The normalized spacial score (nSPS) is 23.6. The zero-order valence-electron chi connectivity index (χ0n) is 14.0. The van der Waals surface area contributed by atoms with E-state index in [1.165, 1.54) is 24.3 Å². The lowest BCUT2D eigenvalue weighted by Crippen LogP contribution is -2.44. The van der Waals surface area contributed by atoms with E-state index in [0.717, 1.165) is 0 Å². The predicted octanol–water partition coefficient (Wildman–Crippen LogP) is 3.14. The van der Waals surface area contributed by atoms with Crippen molar-refractivity contribution in [2.45, 2.75) is 22.7 Å². The van der Waals surface area contributed by atoms with Crippen molar-refractivity contribution in [3.8, 4) is 0 Å². The van der Waals surface area contributed by atoms with Gasteiger partial charge in [0.1, 0.15) is 6.61 Å². The molecule has 1 heterocycles. The standard InChI is InChI=1S/C19H16F2O5S/c20-19(21)15(26-17(23)13-9-5-2-6-10-13)14(27-18(19)24)11-25-16(22)12-7-3-1-4-8-12/h1-10,14-15,18,24H,11H2/t14-,15-,18?/m0/s1. The predicted molar refractivity (Wildman–Crippen MR) is 94.7 cm³/mol. The minimum absolute atomic E-state index is 0.111. The minimum Gasteiger partial charge on any atom is -0.461 e. The summed E-state index contributed by atoms with van der Waals surface area (Å²) in [4.78, 5) is 24.2. The molecule has 2 aromatic rings. The molecule has 0 saturated carbocycles. The third-order valence-corrected chi connectivity index (χ3v) is 5.29. The van der Waals surface area contributed by atoms with Gasteiger partial charge in [0.25, 0.3) is 0 Å². The summed E-state index contributed by atoms with van der Waals surface area (Å²) < 4.78 is 38.6. The van der Waals surface area contributed by atoms with E-state index in [1.54, 1.807) is 36.4 Å². The number of aliphatic hydroxyl groups is 1. The Bertz CT molecular complexity index is 800. The number of hydrogen-bond donors (Lipinski definition) is 1. The van der Waals surface area contributed by atoms with E-state index >= 15 is 0 Å². The molecule has 0 spiro atoms. The fourth-order valence-corrected chi connectivity index (χ4v) is 3.74. The summed E-state index contributed by atoms with van der Waals surface area (Å²) in [5.74, 6) is -5.29.